The van der Waals surface area contributed by atoms with Gasteiger partial charge in [0.2, 0.25) is 0 Å². The number of carbonyl (C=O) groups is 2. The molecule has 0 unspecified atom stereocenters. The van der Waals surface area contributed by atoms with Crippen LogP contribution < -0.4 is 9.80 Å². The summed E-state index contributed by atoms with van der Waals surface area (Å²) in [7, 11) is 3.51. The third-order valence-corrected chi connectivity index (χ3v) is 11.3. The fourth-order valence-corrected chi connectivity index (χ4v) is 8.56. The molecule has 58 heavy (non-hydrogen) atoms. The number of fused-ring (bicyclic) bond motifs is 3. The van der Waals surface area contributed by atoms with Crippen molar-refractivity contribution in [1.29, 1.82) is 0 Å². The van der Waals surface area contributed by atoms with Gasteiger partial charge in [-0.05, 0) is 82.6 Å². The topological polar surface area (TPSA) is 47.1 Å². The molecule has 0 fully saturated rings. The molecule has 0 radical (unpaired) electrons. The van der Waals surface area contributed by atoms with E-state index in [0.29, 0.717) is 22.5 Å². The van der Waals surface area contributed by atoms with Crippen molar-refractivity contribution in [2.45, 2.75) is 0 Å². The average molecular weight is 751 g/mol. The molecule has 2 aliphatic heterocycles. The van der Waals surface area contributed by atoms with Crippen LogP contribution in [0.5, 0.6) is 0 Å². The van der Waals surface area contributed by atoms with Crippen molar-refractivity contribution in [1.82, 2.24) is 9.80 Å². The van der Waals surface area contributed by atoms with Gasteiger partial charge >= 0.3 is 0 Å². The molecule has 0 N–H and O–H groups in total. The number of hydrogen-bond donors (Lipinski definition) is 0. The molecule has 10 rings (SSSR count). The highest BCUT2D eigenvalue weighted by Crippen LogP contribution is 2.47. The molecule has 0 saturated heterocycles. The largest absolute Gasteiger partial charge is 0.310 e. The quantitative estimate of drug-likeness (QED) is 0.155. The first-order chi connectivity index (χ1) is 28.5. The van der Waals surface area contributed by atoms with Crippen molar-refractivity contribution < 1.29 is 9.59 Å². The van der Waals surface area contributed by atoms with Gasteiger partial charge in [0.1, 0.15) is 0 Å². The van der Waals surface area contributed by atoms with Gasteiger partial charge in [0, 0.05) is 47.6 Å². The van der Waals surface area contributed by atoms with E-state index in [9.17, 15) is 9.59 Å². The van der Waals surface area contributed by atoms with Crippen LogP contribution in [0.15, 0.2) is 205 Å². The highest BCUT2D eigenvalue weighted by molar-refractivity contribution is 6.30. The molecule has 0 aromatic heterocycles. The van der Waals surface area contributed by atoms with Crippen LogP contribution in [0.25, 0.3) is 32.9 Å². The Balaban J connectivity index is 1.04. The van der Waals surface area contributed by atoms with Gasteiger partial charge in [-0.1, -0.05) is 133 Å². The molecule has 2 heterocycles. The zero-order valence-electron chi connectivity index (χ0n) is 32.1. The number of likely N-dealkylation sites (N-methyl/N-ethyl adjacent to an activating group) is 2. The fourth-order valence-electron chi connectivity index (χ4n) is 8.56. The highest BCUT2D eigenvalue weighted by atomic mass is 16.2. The van der Waals surface area contributed by atoms with E-state index in [1.807, 2.05) is 60.7 Å². The summed E-state index contributed by atoms with van der Waals surface area (Å²) in [4.78, 5) is 36.2. The Bertz CT molecular complexity index is 2740. The van der Waals surface area contributed by atoms with E-state index >= 15 is 0 Å². The maximum Gasteiger partial charge on any atom is 0.261 e. The van der Waals surface area contributed by atoms with Gasteiger partial charge in [0.05, 0.1) is 33.9 Å². The highest BCUT2D eigenvalue weighted by Gasteiger charge is 2.46. The lowest BCUT2D eigenvalue weighted by Gasteiger charge is -2.27. The Kier molecular flexibility index (Phi) is 8.45. The van der Waals surface area contributed by atoms with E-state index in [4.69, 9.17) is 0 Å². The zero-order valence-corrected chi connectivity index (χ0v) is 32.1. The van der Waals surface area contributed by atoms with Crippen LogP contribution in [-0.2, 0) is 9.59 Å². The van der Waals surface area contributed by atoms with Crippen LogP contribution in [0.3, 0.4) is 0 Å². The molecule has 6 heteroatoms. The predicted octanol–water partition coefficient (Wildman–Crippen LogP) is 12.0. The number of nitrogens with zero attached hydrogens (tertiary/aromatic N) is 4. The Morgan fingerprint density at radius 3 is 1.07 bits per heavy atom. The summed E-state index contributed by atoms with van der Waals surface area (Å²) in [6.07, 6.45) is 0. The average Bonchev–Trinajstić information content (AvgIpc) is 3.69. The third-order valence-electron chi connectivity index (χ3n) is 11.3. The lowest BCUT2D eigenvalue weighted by molar-refractivity contribution is -0.123. The minimum Gasteiger partial charge on any atom is -0.310 e. The maximum atomic E-state index is 14.2. The van der Waals surface area contributed by atoms with E-state index in [1.165, 1.54) is 0 Å². The summed E-state index contributed by atoms with van der Waals surface area (Å²) in [5.74, 6) is -0.400. The molecule has 0 atom stereocenters. The van der Waals surface area contributed by atoms with Gasteiger partial charge < -0.3 is 19.6 Å². The molecule has 8 aromatic carbocycles. The maximum absolute atomic E-state index is 14.2. The monoisotopic (exact) mass is 750 g/mol. The zero-order chi connectivity index (χ0) is 39.3. The Hall–Kier alpha value is -7.70. The van der Waals surface area contributed by atoms with Gasteiger partial charge in [-0.25, -0.2) is 0 Å². The van der Waals surface area contributed by atoms with Crippen molar-refractivity contribution in [3.63, 3.8) is 0 Å². The smallest absolute Gasteiger partial charge is 0.261 e. The van der Waals surface area contributed by atoms with E-state index in [1.54, 1.807) is 23.9 Å². The van der Waals surface area contributed by atoms with Crippen LogP contribution in [0.4, 0.5) is 34.1 Å². The molecule has 0 spiro atoms. The SMILES string of the molecule is CN1C(=O)C2=C(c3ccc(N(c4ccccc4)c4cccc5ccccc45)cc3)N(C)C(=O)C2=C1c1ccc(N(c2ccccc2)c2cccc3ccccc23)cc1. The van der Waals surface area contributed by atoms with E-state index in [-0.39, 0.29) is 11.8 Å². The standard InChI is InChI=1S/C52H38N4O2/c1-53-49(37-27-31-41(32-28-37)55(39-19-5-3-6-20-39)45-25-13-17-35-15-9-11-23-43(35)45)47-48(51(53)57)50(54(2)52(47)58)38-29-33-42(34-30-38)56(40-21-7-4-8-22-40)46-26-14-18-36-16-10-12-24-44(36)46/h3-34H,1-2H3. The van der Waals surface area contributed by atoms with Crippen LogP contribution in [0, 0.1) is 0 Å². The number of rotatable bonds is 8. The van der Waals surface area contributed by atoms with Gasteiger partial charge in [-0.2, -0.15) is 0 Å². The van der Waals surface area contributed by atoms with E-state index in [0.717, 1.165) is 66.8 Å². The summed E-state index contributed by atoms with van der Waals surface area (Å²) in [6, 6.07) is 66.4. The molecule has 8 aromatic rings. The minimum atomic E-state index is -0.200. The number of benzene rings is 8. The Morgan fingerprint density at radius 1 is 0.345 bits per heavy atom. The minimum absolute atomic E-state index is 0.200. The van der Waals surface area contributed by atoms with Crippen LogP contribution in [-0.4, -0.2) is 35.7 Å². The van der Waals surface area contributed by atoms with Crippen molar-refractivity contribution in [2.75, 3.05) is 23.9 Å². The summed E-state index contributed by atoms with van der Waals surface area (Å²) >= 11 is 0. The van der Waals surface area contributed by atoms with Gasteiger partial charge in [0.25, 0.3) is 11.8 Å². The number of anilines is 6. The number of para-hydroxylation sites is 2. The fraction of sp³-hybridized carbons (Fsp3) is 0.0385. The molecule has 2 aliphatic rings. The predicted molar refractivity (Wildman–Crippen MR) is 237 cm³/mol. The van der Waals surface area contributed by atoms with Crippen LogP contribution in [0.1, 0.15) is 11.1 Å². The first kappa shape index (κ1) is 34.8. The summed E-state index contributed by atoms with van der Waals surface area (Å²) < 4.78 is 0. The van der Waals surface area contributed by atoms with Gasteiger partial charge in [0.15, 0.2) is 0 Å². The van der Waals surface area contributed by atoms with Crippen LogP contribution in [0.2, 0.25) is 0 Å². The second-order valence-corrected chi connectivity index (χ2v) is 14.6. The first-order valence-corrected chi connectivity index (χ1v) is 19.4. The molecule has 0 aliphatic carbocycles. The number of hydrogen-bond acceptors (Lipinski definition) is 4. The van der Waals surface area contributed by atoms with Crippen molar-refractivity contribution in [2.24, 2.45) is 0 Å². The Labute approximate surface area is 337 Å². The molecule has 6 nitrogen and oxygen atoms in total. The van der Waals surface area contributed by atoms with Gasteiger partial charge in [-0.3, -0.25) is 9.59 Å². The second kappa shape index (κ2) is 14.1. The molecule has 0 saturated carbocycles. The Morgan fingerprint density at radius 2 is 0.672 bits per heavy atom. The lowest BCUT2D eigenvalue weighted by Crippen LogP contribution is -2.25. The second-order valence-electron chi connectivity index (χ2n) is 14.6. The lowest BCUT2D eigenvalue weighted by atomic mass is 10.0. The summed E-state index contributed by atoms with van der Waals surface area (Å²) in [6.45, 7) is 0. The first-order valence-electron chi connectivity index (χ1n) is 19.4. The van der Waals surface area contributed by atoms with Crippen molar-refractivity contribution in [3.8, 4) is 0 Å². The van der Waals surface area contributed by atoms with Crippen molar-refractivity contribution >= 4 is 78.9 Å². The van der Waals surface area contributed by atoms with Crippen LogP contribution >= 0.6 is 0 Å². The summed E-state index contributed by atoms with van der Waals surface area (Å²) in [5.41, 5.74) is 9.76. The normalized spacial score (nSPS) is 13.9. The molecule has 278 valence electrons. The molecular weight excluding hydrogens is 713 g/mol. The van der Waals surface area contributed by atoms with E-state index in [2.05, 4.69) is 143 Å². The molecular formula is C52H38N4O2. The third kappa shape index (κ3) is 5.65. The number of amides is 2. The molecule has 0 bridgehead atoms. The molecule has 2 amide bonds. The van der Waals surface area contributed by atoms with E-state index < -0.39 is 0 Å². The van der Waals surface area contributed by atoms with Crippen molar-refractivity contribution in [3.05, 3.63) is 216 Å². The number of carbonyl (C=O) groups excluding carboxylic acids is 2. The van der Waals surface area contributed by atoms with Gasteiger partial charge in [-0.15, -0.1) is 0 Å². The summed E-state index contributed by atoms with van der Waals surface area (Å²) in [5, 5.41) is 4.59.